The van der Waals surface area contributed by atoms with Crippen LogP contribution in [0.25, 0.3) is 0 Å². The Balaban J connectivity index is 1.80. The number of hydrogen-bond donors (Lipinski definition) is 1. The van der Waals surface area contributed by atoms with Gasteiger partial charge in [-0.05, 0) is 24.5 Å². The minimum absolute atomic E-state index is 0.142. The summed E-state index contributed by atoms with van der Waals surface area (Å²) in [6, 6.07) is 4.17. The quantitative estimate of drug-likeness (QED) is 0.654. The molecule has 5 heteroatoms. The van der Waals surface area contributed by atoms with Gasteiger partial charge in [0.2, 0.25) is 6.41 Å². The van der Waals surface area contributed by atoms with E-state index in [1.54, 1.807) is 7.11 Å². The van der Waals surface area contributed by atoms with Crippen LogP contribution in [0.3, 0.4) is 0 Å². The van der Waals surface area contributed by atoms with E-state index in [0.29, 0.717) is 6.54 Å². The first-order valence-electron chi connectivity index (χ1n) is 8.15. The number of aliphatic hydroxyl groups is 1. The summed E-state index contributed by atoms with van der Waals surface area (Å²) >= 11 is 0. The Labute approximate surface area is 134 Å². The highest BCUT2D eigenvalue weighted by atomic mass is 16.5. The number of methoxy groups -OCH3 is 1. The summed E-state index contributed by atoms with van der Waals surface area (Å²) in [4.78, 5) is 13.4. The monoisotopic (exact) mass is 313 g/mol. The molecule has 1 spiro atoms. The molecule has 1 aromatic rings. The Hall–Kier alpha value is -2.01. The average molecular weight is 313 g/mol. The third kappa shape index (κ3) is 1.40. The van der Waals surface area contributed by atoms with Gasteiger partial charge in [0, 0.05) is 29.5 Å². The predicted molar refractivity (Wildman–Crippen MR) is 82.6 cm³/mol. The second-order valence-electron chi connectivity index (χ2n) is 6.98. The van der Waals surface area contributed by atoms with Crippen molar-refractivity contribution in [2.24, 2.45) is 5.92 Å². The van der Waals surface area contributed by atoms with Gasteiger partial charge in [-0.3, -0.25) is 4.79 Å². The van der Waals surface area contributed by atoms with Crippen molar-refractivity contribution in [2.75, 3.05) is 13.7 Å². The molecule has 4 aliphatic rings. The van der Waals surface area contributed by atoms with E-state index >= 15 is 0 Å². The fourth-order valence-corrected chi connectivity index (χ4v) is 5.37. The number of benzene rings is 1. The van der Waals surface area contributed by atoms with E-state index in [9.17, 15) is 9.90 Å². The van der Waals surface area contributed by atoms with Gasteiger partial charge in [-0.2, -0.15) is 0 Å². The lowest BCUT2D eigenvalue weighted by Gasteiger charge is -2.56. The molecule has 1 N–H and O–H groups in total. The molecular formula is C18H19NO4. The molecule has 2 aliphatic carbocycles. The van der Waals surface area contributed by atoms with E-state index in [-0.39, 0.29) is 23.5 Å². The lowest BCUT2D eigenvalue weighted by molar-refractivity contribution is -0.127. The molecule has 1 fully saturated rings. The van der Waals surface area contributed by atoms with Crippen LogP contribution in [0.2, 0.25) is 0 Å². The lowest BCUT2D eigenvalue weighted by Crippen LogP contribution is -2.65. The molecule has 1 aromatic carbocycles. The number of piperidine rings is 1. The number of rotatable bonds is 2. The summed E-state index contributed by atoms with van der Waals surface area (Å²) < 4.78 is 11.7. The summed E-state index contributed by atoms with van der Waals surface area (Å²) in [7, 11) is 1.65. The van der Waals surface area contributed by atoms with Gasteiger partial charge >= 0.3 is 0 Å². The van der Waals surface area contributed by atoms with Crippen LogP contribution >= 0.6 is 0 Å². The van der Waals surface area contributed by atoms with Gasteiger partial charge in [-0.15, -0.1) is 0 Å². The number of carbonyl (C=O) groups excluding carboxylic acids is 1. The number of amides is 1. The van der Waals surface area contributed by atoms with Crippen LogP contribution < -0.4 is 9.47 Å². The molecule has 5 nitrogen and oxygen atoms in total. The summed E-state index contributed by atoms with van der Waals surface area (Å²) in [5.74, 6) is 1.71. The van der Waals surface area contributed by atoms with Crippen molar-refractivity contribution in [1.82, 2.24) is 4.90 Å². The largest absolute Gasteiger partial charge is 0.493 e. The van der Waals surface area contributed by atoms with Crippen LogP contribution in [-0.2, 0) is 16.6 Å². The molecule has 5 atom stereocenters. The van der Waals surface area contributed by atoms with Crippen LogP contribution in [0.4, 0.5) is 0 Å². The molecule has 2 bridgehead atoms. The smallest absolute Gasteiger partial charge is 0.209 e. The highest BCUT2D eigenvalue weighted by Crippen LogP contribution is 2.62. The Morgan fingerprint density at radius 2 is 2.30 bits per heavy atom. The summed E-state index contributed by atoms with van der Waals surface area (Å²) in [6.07, 6.45) is 5.62. The van der Waals surface area contributed by atoms with Crippen LogP contribution in [0, 0.1) is 5.92 Å². The van der Waals surface area contributed by atoms with Crippen molar-refractivity contribution in [3.8, 4) is 11.5 Å². The van der Waals surface area contributed by atoms with E-state index in [4.69, 9.17) is 9.47 Å². The topological polar surface area (TPSA) is 59.0 Å². The molecule has 2 heterocycles. The molecule has 2 aliphatic heterocycles. The number of likely N-dealkylation sites (tertiary alicyclic amines) is 1. The van der Waals surface area contributed by atoms with Crippen LogP contribution in [0.5, 0.6) is 11.5 Å². The van der Waals surface area contributed by atoms with Crippen molar-refractivity contribution in [1.29, 1.82) is 0 Å². The zero-order valence-corrected chi connectivity index (χ0v) is 12.9. The normalized spacial score (nSPS) is 38.8. The first-order chi connectivity index (χ1) is 11.2. The van der Waals surface area contributed by atoms with Crippen LogP contribution in [0.15, 0.2) is 24.3 Å². The van der Waals surface area contributed by atoms with Crippen molar-refractivity contribution >= 4 is 6.41 Å². The summed E-state index contributed by atoms with van der Waals surface area (Å²) in [6.45, 7) is 0.710. The van der Waals surface area contributed by atoms with Gasteiger partial charge in [0.05, 0.1) is 7.11 Å². The first kappa shape index (κ1) is 13.4. The Morgan fingerprint density at radius 3 is 3.09 bits per heavy atom. The number of nitrogens with zero attached hydrogens (tertiary/aromatic N) is 1. The summed E-state index contributed by atoms with van der Waals surface area (Å²) in [5, 5.41) is 10.5. The van der Waals surface area contributed by atoms with E-state index in [0.717, 1.165) is 30.8 Å². The van der Waals surface area contributed by atoms with E-state index in [1.807, 2.05) is 17.0 Å². The molecule has 120 valence electrons. The summed E-state index contributed by atoms with van der Waals surface area (Å²) in [5.41, 5.74) is 2.19. The molecule has 0 aromatic heterocycles. The van der Waals surface area contributed by atoms with Gasteiger partial charge in [0.25, 0.3) is 0 Å². The molecule has 1 amide bonds. The Kier molecular flexibility index (Phi) is 2.51. The second-order valence-corrected chi connectivity index (χ2v) is 6.98. The van der Waals surface area contributed by atoms with Crippen molar-refractivity contribution < 1.29 is 19.4 Å². The molecule has 0 saturated carbocycles. The molecule has 23 heavy (non-hydrogen) atoms. The van der Waals surface area contributed by atoms with Gasteiger partial charge in [-0.25, -0.2) is 0 Å². The molecule has 0 unspecified atom stereocenters. The van der Waals surface area contributed by atoms with E-state index in [1.165, 1.54) is 11.1 Å². The molecule has 5 rings (SSSR count). The predicted octanol–water partition coefficient (Wildman–Crippen LogP) is 1.03. The van der Waals surface area contributed by atoms with Gasteiger partial charge in [-0.1, -0.05) is 18.2 Å². The van der Waals surface area contributed by atoms with Crippen LogP contribution in [0.1, 0.15) is 17.5 Å². The number of aliphatic hydroxyl groups excluding tert-OH is 1. The molecule has 1 saturated heterocycles. The van der Waals surface area contributed by atoms with E-state index in [2.05, 4.69) is 12.1 Å². The van der Waals surface area contributed by atoms with Gasteiger partial charge in [0.15, 0.2) is 11.5 Å². The fraction of sp³-hybridized carbons (Fsp3) is 0.500. The highest BCUT2D eigenvalue weighted by molar-refractivity contribution is 5.63. The zero-order valence-electron chi connectivity index (χ0n) is 12.9. The van der Waals surface area contributed by atoms with Crippen molar-refractivity contribution in [2.45, 2.75) is 36.5 Å². The first-order valence-corrected chi connectivity index (χ1v) is 8.15. The number of ether oxygens (including phenoxy) is 2. The third-order valence-electron chi connectivity index (χ3n) is 6.26. The maximum atomic E-state index is 11.5. The van der Waals surface area contributed by atoms with Gasteiger partial charge < -0.3 is 19.5 Å². The second kappa shape index (κ2) is 4.29. The molecule has 0 radical (unpaired) electrons. The van der Waals surface area contributed by atoms with Crippen molar-refractivity contribution in [3.05, 3.63) is 35.4 Å². The standard InChI is InChI=1S/C18H19NO4/c1-22-14-5-2-10-8-12-11-3-4-13(21)17-18(11,6-7-19(12)9-20)15(10)16(14)23-17/h2-5,9,11-13,17,21H,6-8H2,1H3/t11-,12-,13-,17+,18+/m0/s1. The Morgan fingerprint density at radius 1 is 1.43 bits per heavy atom. The Bertz CT molecular complexity index is 730. The van der Waals surface area contributed by atoms with Crippen molar-refractivity contribution in [3.63, 3.8) is 0 Å². The number of hydrogen-bond acceptors (Lipinski definition) is 4. The minimum Gasteiger partial charge on any atom is -0.493 e. The van der Waals surface area contributed by atoms with Gasteiger partial charge in [0.1, 0.15) is 12.2 Å². The minimum atomic E-state index is -0.627. The maximum Gasteiger partial charge on any atom is 0.209 e. The zero-order chi connectivity index (χ0) is 15.8. The SMILES string of the molecule is COc1ccc2c3c1O[C@@H]1[C@@H](O)C=C[C@H]4[C@H](C2)N(C=O)CC[C@@]314. The maximum absolute atomic E-state index is 11.5. The van der Waals surface area contributed by atoms with Crippen LogP contribution in [-0.4, -0.2) is 48.3 Å². The highest BCUT2D eigenvalue weighted by Gasteiger charge is 2.64. The number of carbonyl (C=O) groups is 1. The third-order valence-corrected chi connectivity index (χ3v) is 6.26. The van der Waals surface area contributed by atoms with E-state index < -0.39 is 6.10 Å². The lowest BCUT2D eigenvalue weighted by atomic mass is 9.53. The fourth-order valence-electron chi connectivity index (χ4n) is 5.37. The molecular weight excluding hydrogens is 294 g/mol. The average Bonchev–Trinajstić information content (AvgIpc) is 2.91.